The molecule has 3 rings (SSSR count). The van der Waals surface area contributed by atoms with Crippen LogP contribution in [0.5, 0.6) is 5.75 Å². The third kappa shape index (κ3) is 5.68. The normalized spacial score (nSPS) is 10.6. The maximum Gasteiger partial charge on any atom is 0.234 e. The summed E-state index contributed by atoms with van der Waals surface area (Å²) in [6.45, 7) is 6.17. The number of para-hydroxylation sites is 1. The zero-order valence-corrected chi connectivity index (χ0v) is 16.8. The van der Waals surface area contributed by atoms with E-state index in [1.54, 1.807) is 25.1 Å². The highest BCUT2D eigenvalue weighted by Crippen LogP contribution is 2.20. The fraction of sp³-hybridized carbons (Fsp3) is 0.190. The largest absolute Gasteiger partial charge is 0.486 e. The number of carbonyl (C=O) groups excluding carboxylic acids is 1. The Bertz CT molecular complexity index is 992. The summed E-state index contributed by atoms with van der Waals surface area (Å²) in [6, 6.07) is 14.0. The van der Waals surface area contributed by atoms with Crippen LogP contribution in [0.25, 0.3) is 0 Å². The monoisotopic (exact) mass is 412 g/mol. The summed E-state index contributed by atoms with van der Waals surface area (Å²) in [5.74, 6) is 0.874. The topological polar surface area (TPSA) is 69.0 Å². The molecule has 0 aliphatic carbocycles. The van der Waals surface area contributed by atoms with E-state index < -0.39 is 0 Å². The number of aryl methyl sites for hydroxylation is 1. The molecule has 0 atom stereocenters. The van der Waals surface area contributed by atoms with Crippen molar-refractivity contribution in [2.24, 2.45) is 0 Å². The smallest absolute Gasteiger partial charge is 0.234 e. The maximum absolute atomic E-state index is 13.6. The van der Waals surface area contributed by atoms with Gasteiger partial charge in [0.05, 0.1) is 5.75 Å². The van der Waals surface area contributed by atoms with E-state index in [0.29, 0.717) is 28.8 Å². The van der Waals surface area contributed by atoms with Crippen molar-refractivity contribution in [1.82, 2.24) is 14.8 Å². The summed E-state index contributed by atoms with van der Waals surface area (Å²) < 4.78 is 21.2. The Kier molecular flexibility index (Phi) is 7.02. The van der Waals surface area contributed by atoms with Gasteiger partial charge >= 0.3 is 0 Å². The van der Waals surface area contributed by atoms with Crippen LogP contribution in [-0.2, 0) is 17.9 Å². The van der Waals surface area contributed by atoms with Gasteiger partial charge in [-0.25, -0.2) is 4.39 Å². The average Bonchev–Trinajstić information content (AvgIpc) is 3.10. The predicted molar refractivity (Wildman–Crippen MR) is 111 cm³/mol. The number of halogens is 1. The molecule has 0 aliphatic rings. The van der Waals surface area contributed by atoms with Gasteiger partial charge in [-0.3, -0.25) is 9.36 Å². The summed E-state index contributed by atoms with van der Waals surface area (Å²) in [5.41, 5.74) is 0.948. The molecular formula is C21H21FN4O2S. The van der Waals surface area contributed by atoms with Crippen LogP contribution >= 0.6 is 11.8 Å². The van der Waals surface area contributed by atoms with Crippen molar-refractivity contribution in [3.63, 3.8) is 0 Å². The zero-order valence-electron chi connectivity index (χ0n) is 16.0. The minimum absolute atomic E-state index is 0.115. The van der Waals surface area contributed by atoms with E-state index in [0.717, 1.165) is 5.75 Å². The van der Waals surface area contributed by atoms with E-state index in [9.17, 15) is 9.18 Å². The second kappa shape index (κ2) is 9.88. The van der Waals surface area contributed by atoms with Gasteiger partial charge < -0.3 is 10.1 Å². The molecule has 3 aromatic rings. The number of amides is 1. The highest BCUT2D eigenvalue weighted by atomic mass is 32.2. The van der Waals surface area contributed by atoms with E-state index in [1.165, 1.54) is 17.8 Å². The third-order valence-electron chi connectivity index (χ3n) is 4.00. The van der Waals surface area contributed by atoms with Gasteiger partial charge in [0.25, 0.3) is 0 Å². The van der Waals surface area contributed by atoms with Crippen molar-refractivity contribution >= 4 is 23.4 Å². The highest BCUT2D eigenvalue weighted by Gasteiger charge is 2.14. The fourth-order valence-corrected chi connectivity index (χ4v) is 3.27. The molecule has 0 unspecified atom stereocenters. The molecule has 150 valence electrons. The molecule has 0 saturated carbocycles. The summed E-state index contributed by atoms with van der Waals surface area (Å²) >= 11 is 1.24. The molecule has 2 aromatic carbocycles. The Morgan fingerprint density at radius 1 is 1.28 bits per heavy atom. The van der Waals surface area contributed by atoms with Crippen LogP contribution in [0.1, 0.15) is 11.4 Å². The molecular weight excluding hydrogens is 391 g/mol. The molecule has 0 saturated heterocycles. The van der Waals surface area contributed by atoms with Gasteiger partial charge in [0.2, 0.25) is 5.91 Å². The van der Waals surface area contributed by atoms with Crippen molar-refractivity contribution in [2.75, 3.05) is 11.1 Å². The van der Waals surface area contributed by atoms with Crippen LogP contribution < -0.4 is 10.1 Å². The summed E-state index contributed by atoms with van der Waals surface area (Å²) in [4.78, 5) is 12.2. The van der Waals surface area contributed by atoms with Crippen LogP contribution in [0.4, 0.5) is 10.1 Å². The van der Waals surface area contributed by atoms with E-state index >= 15 is 0 Å². The molecule has 0 radical (unpaired) electrons. The molecule has 1 heterocycles. The van der Waals surface area contributed by atoms with Crippen molar-refractivity contribution in [1.29, 1.82) is 0 Å². The van der Waals surface area contributed by atoms with Crippen LogP contribution in [0, 0.1) is 12.7 Å². The van der Waals surface area contributed by atoms with Crippen molar-refractivity contribution < 1.29 is 13.9 Å². The molecule has 6 nitrogen and oxygen atoms in total. The van der Waals surface area contributed by atoms with Gasteiger partial charge in [-0.2, -0.15) is 0 Å². The fourth-order valence-electron chi connectivity index (χ4n) is 2.51. The first-order valence-corrected chi connectivity index (χ1v) is 9.95. The minimum atomic E-state index is -0.357. The Balaban J connectivity index is 1.60. The van der Waals surface area contributed by atoms with Gasteiger partial charge in [0.15, 0.2) is 11.0 Å². The Morgan fingerprint density at radius 2 is 2.07 bits per heavy atom. The van der Waals surface area contributed by atoms with Gasteiger partial charge in [-0.1, -0.05) is 42.1 Å². The highest BCUT2D eigenvalue weighted by molar-refractivity contribution is 7.99. The molecule has 1 N–H and O–H groups in total. The van der Waals surface area contributed by atoms with Gasteiger partial charge in [-0.05, 0) is 36.8 Å². The number of carbonyl (C=O) groups is 1. The lowest BCUT2D eigenvalue weighted by atomic mass is 10.2. The van der Waals surface area contributed by atoms with Crippen molar-refractivity contribution in [3.8, 4) is 5.75 Å². The number of allylic oxidation sites excluding steroid dienone is 1. The van der Waals surface area contributed by atoms with E-state index in [4.69, 9.17) is 4.74 Å². The number of thioether (sulfide) groups is 1. The maximum atomic E-state index is 13.6. The van der Waals surface area contributed by atoms with Gasteiger partial charge in [0, 0.05) is 12.2 Å². The lowest BCUT2D eigenvalue weighted by Crippen LogP contribution is -2.15. The SMILES string of the molecule is C=CCn1c(COc2ccccc2)nnc1SCC(=O)Nc1ccc(C)c(F)c1. The molecule has 29 heavy (non-hydrogen) atoms. The zero-order chi connectivity index (χ0) is 20.6. The molecule has 1 amide bonds. The number of hydrogen-bond donors (Lipinski definition) is 1. The second-order valence-corrected chi connectivity index (χ2v) is 7.14. The first-order valence-electron chi connectivity index (χ1n) is 8.96. The molecule has 8 heteroatoms. The van der Waals surface area contributed by atoms with E-state index in [-0.39, 0.29) is 24.1 Å². The van der Waals surface area contributed by atoms with Crippen molar-refractivity contribution in [2.45, 2.75) is 25.2 Å². The third-order valence-corrected chi connectivity index (χ3v) is 4.97. The number of aromatic nitrogens is 3. The van der Waals surface area contributed by atoms with Gasteiger partial charge in [-0.15, -0.1) is 16.8 Å². The number of rotatable bonds is 9. The Morgan fingerprint density at radius 3 is 2.79 bits per heavy atom. The van der Waals surface area contributed by atoms with Gasteiger partial charge in [0.1, 0.15) is 18.2 Å². The standard InChI is InChI=1S/C21H21FN4O2S/c1-3-11-26-19(13-28-17-7-5-4-6-8-17)24-25-21(26)29-14-20(27)23-16-10-9-15(2)18(22)12-16/h3-10,12H,1,11,13-14H2,2H3,(H,23,27). The van der Waals surface area contributed by atoms with Crippen LogP contribution in [0.2, 0.25) is 0 Å². The number of ether oxygens (including phenoxy) is 1. The molecule has 0 aliphatic heterocycles. The van der Waals surface area contributed by atoms with E-state index in [1.807, 2.05) is 34.9 Å². The quantitative estimate of drug-likeness (QED) is 0.421. The first-order chi connectivity index (χ1) is 14.1. The van der Waals surface area contributed by atoms with E-state index in [2.05, 4.69) is 22.1 Å². The Hall–Kier alpha value is -3.13. The number of anilines is 1. The number of nitrogens with zero attached hydrogens (tertiary/aromatic N) is 3. The van der Waals surface area contributed by atoms with Crippen LogP contribution in [0.3, 0.4) is 0 Å². The Labute approximate surface area is 172 Å². The first kappa shape index (κ1) is 20.6. The molecule has 1 aromatic heterocycles. The minimum Gasteiger partial charge on any atom is -0.486 e. The molecule has 0 spiro atoms. The molecule has 0 bridgehead atoms. The lowest BCUT2D eigenvalue weighted by Gasteiger charge is -2.09. The average molecular weight is 412 g/mol. The van der Waals surface area contributed by atoms with Crippen molar-refractivity contribution in [3.05, 3.63) is 78.4 Å². The predicted octanol–water partition coefficient (Wildman–Crippen LogP) is 4.22. The number of benzene rings is 2. The summed E-state index contributed by atoms with van der Waals surface area (Å²) in [7, 11) is 0. The number of nitrogens with one attached hydrogen (secondary N) is 1. The van der Waals surface area contributed by atoms with Crippen LogP contribution in [-0.4, -0.2) is 26.4 Å². The number of hydrogen-bond acceptors (Lipinski definition) is 5. The molecule has 0 fully saturated rings. The second-order valence-electron chi connectivity index (χ2n) is 6.20. The summed E-state index contributed by atoms with van der Waals surface area (Å²) in [5, 5.41) is 11.6. The summed E-state index contributed by atoms with van der Waals surface area (Å²) in [6.07, 6.45) is 1.73. The lowest BCUT2D eigenvalue weighted by molar-refractivity contribution is -0.113. The van der Waals surface area contributed by atoms with Crippen LogP contribution in [0.15, 0.2) is 66.3 Å².